The predicted octanol–water partition coefficient (Wildman–Crippen LogP) is 3.91. The zero-order valence-corrected chi connectivity index (χ0v) is 11.6. The molecule has 2 aromatic rings. The van der Waals surface area contributed by atoms with E-state index in [1.165, 1.54) is 11.1 Å². The predicted molar refractivity (Wildman–Crippen MR) is 73.1 cm³/mol. The molecule has 1 N–H and O–H groups in total. The van der Waals surface area contributed by atoms with E-state index in [4.69, 9.17) is 4.42 Å². The number of hydrogen-bond acceptors (Lipinski definition) is 2. The standard InChI is InChI=1S/C14H16BrNO/c1-3-10-4-6-11(7-5-10)14(16-2)12-8-9-13(15)17-12/h4-9,14,16H,3H2,1-2H3. The van der Waals surface area contributed by atoms with Crippen LogP contribution < -0.4 is 5.32 Å². The van der Waals surface area contributed by atoms with Gasteiger partial charge in [0.15, 0.2) is 4.67 Å². The molecular weight excluding hydrogens is 278 g/mol. The summed E-state index contributed by atoms with van der Waals surface area (Å²) in [5.74, 6) is 0.920. The van der Waals surface area contributed by atoms with Crippen LogP contribution in [-0.4, -0.2) is 7.05 Å². The van der Waals surface area contributed by atoms with Gasteiger partial charge in [0.2, 0.25) is 0 Å². The molecule has 0 amide bonds. The molecule has 1 atom stereocenters. The number of rotatable bonds is 4. The number of nitrogens with one attached hydrogen (secondary N) is 1. The number of halogens is 1. The van der Waals surface area contributed by atoms with E-state index in [1.807, 2.05) is 19.2 Å². The Kier molecular flexibility index (Phi) is 4.02. The molecule has 1 heterocycles. The average Bonchev–Trinajstić information content (AvgIpc) is 2.78. The molecule has 0 bridgehead atoms. The van der Waals surface area contributed by atoms with Crippen molar-refractivity contribution in [2.75, 3.05) is 7.05 Å². The molecule has 90 valence electrons. The third kappa shape index (κ3) is 2.79. The molecule has 1 unspecified atom stereocenters. The lowest BCUT2D eigenvalue weighted by Gasteiger charge is -2.14. The summed E-state index contributed by atoms with van der Waals surface area (Å²) in [5.41, 5.74) is 2.57. The van der Waals surface area contributed by atoms with Crippen LogP contribution in [0.25, 0.3) is 0 Å². The number of hydrogen-bond donors (Lipinski definition) is 1. The van der Waals surface area contributed by atoms with E-state index in [-0.39, 0.29) is 6.04 Å². The Morgan fingerprint density at radius 2 is 1.88 bits per heavy atom. The van der Waals surface area contributed by atoms with Gasteiger partial charge in [0.1, 0.15) is 5.76 Å². The van der Waals surface area contributed by atoms with Gasteiger partial charge in [-0.05, 0) is 52.7 Å². The number of aryl methyl sites for hydroxylation is 1. The molecule has 0 fully saturated rings. The van der Waals surface area contributed by atoms with Gasteiger partial charge in [-0.3, -0.25) is 0 Å². The van der Waals surface area contributed by atoms with Crippen molar-refractivity contribution in [1.82, 2.24) is 5.32 Å². The molecule has 0 saturated heterocycles. The Hall–Kier alpha value is -1.06. The summed E-state index contributed by atoms with van der Waals surface area (Å²) < 4.78 is 6.36. The zero-order valence-electron chi connectivity index (χ0n) is 10.0. The maximum absolute atomic E-state index is 5.60. The quantitative estimate of drug-likeness (QED) is 0.924. The second kappa shape index (κ2) is 5.52. The minimum Gasteiger partial charge on any atom is -0.452 e. The van der Waals surface area contributed by atoms with Crippen molar-refractivity contribution in [2.45, 2.75) is 19.4 Å². The fraction of sp³-hybridized carbons (Fsp3) is 0.286. The van der Waals surface area contributed by atoms with Crippen LogP contribution in [0.1, 0.15) is 29.9 Å². The molecule has 0 aliphatic carbocycles. The largest absolute Gasteiger partial charge is 0.452 e. The third-order valence-electron chi connectivity index (χ3n) is 2.89. The Morgan fingerprint density at radius 3 is 2.35 bits per heavy atom. The van der Waals surface area contributed by atoms with Gasteiger partial charge >= 0.3 is 0 Å². The maximum atomic E-state index is 5.60. The smallest absolute Gasteiger partial charge is 0.169 e. The molecule has 2 rings (SSSR count). The normalized spacial score (nSPS) is 12.6. The number of furan rings is 1. The van der Waals surface area contributed by atoms with E-state index >= 15 is 0 Å². The van der Waals surface area contributed by atoms with Crippen LogP contribution in [0.2, 0.25) is 0 Å². The monoisotopic (exact) mass is 293 g/mol. The molecular formula is C14H16BrNO. The van der Waals surface area contributed by atoms with Crippen molar-refractivity contribution in [2.24, 2.45) is 0 Å². The van der Waals surface area contributed by atoms with E-state index in [1.54, 1.807) is 0 Å². The fourth-order valence-electron chi connectivity index (χ4n) is 1.90. The Balaban J connectivity index is 2.28. The minimum atomic E-state index is 0.104. The summed E-state index contributed by atoms with van der Waals surface area (Å²) in [6, 6.07) is 12.6. The molecule has 2 nitrogen and oxygen atoms in total. The van der Waals surface area contributed by atoms with Crippen LogP contribution in [0, 0.1) is 0 Å². The van der Waals surface area contributed by atoms with Gasteiger partial charge in [-0.25, -0.2) is 0 Å². The summed E-state index contributed by atoms with van der Waals surface area (Å²) in [5, 5.41) is 3.27. The highest BCUT2D eigenvalue weighted by atomic mass is 79.9. The zero-order chi connectivity index (χ0) is 12.3. The van der Waals surface area contributed by atoms with E-state index in [0.717, 1.165) is 16.9 Å². The van der Waals surface area contributed by atoms with Gasteiger partial charge in [-0.1, -0.05) is 31.2 Å². The Morgan fingerprint density at radius 1 is 1.18 bits per heavy atom. The highest BCUT2D eigenvalue weighted by Gasteiger charge is 2.15. The first-order valence-corrected chi connectivity index (χ1v) is 6.55. The van der Waals surface area contributed by atoms with E-state index in [2.05, 4.69) is 52.4 Å². The lowest BCUT2D eigenvalue weighted by Crippen LogP contribution is -2.16. The highest BCUT2D eigenvalue weighted by molar-refractivity contribution is 9.10. The van der Waals surface area contributed by atoms with Gasteiger partial charge < -0.3 is 9.73 Å². The van der Waals surface area contributed by atoms with Crippen LogP contribution in [0.15, 0.2) is 45.5 Å². The molecule has 1 aromatic heterocycles. The molecule has 1 aromatic carbocycles. The van der Waals surface area contributed by atoms with Crippen molar-refractivity contribution in [3.05, 3.63) is 58.0 Å². The first-order valence-electron chi connectivity index (χ1n) is 5.76. The maximum Gasteiger partial charge on any atom is 0.169 e. The van der Waals surface area contributed by atoms with Crippen LogP contribution in [-0.2, 0) is 6.42 Å². The van der Waals surface area contributed by atoms with E-state index < -0.39 is 0 Å². The second-order valence-corrected chi connectivity index (χ2v) is 4.74. The summed E-state index contributed by atoms with van der Waals surface area (Å²) in [6.45, 7) is 2.16. The van der Waals surface area contributed by atoms with Gasteiger partial charge in [0, 0.05) is 0 Å². The van der Waals surface area contributed by atoms with E-state index in [9.17, 15) is 0 Å². The fourth-order valence-corrected chi connectivity index (χ4v) is 2.22. The average molecular weight is 294 g/mol. The molecule has 17 heavy (non-hydrogen) atoms. The molecule has 0 aliphatic heterocycles. The van der Waals surface area contributed by atoms with Gasteiger partial charge in [0.05, 0.1) is 6.04 Å². The topological polar surface area (TPSA) is 25.2 Å². The van der Waals surface area contributed by atoms with Crippen molar-refractivity contribution in [3.63, 3.8) is 0 Å². The molecule has 0 radical (unpaired) electrons. The molecule has 3 heteroatoms. The summed E-state index contributed by atoms with van der Waals surface area (Å²) in [6.07, 6.45) is 1.07. The van der Waals surface area contributed by atoms with Gasteiger partial charge in [0.25, 0.3) is 0 Å². The highest BCUT2D eigenvalue weighted by Crippen LogP contribution is 2.26. The third-order valence-corrected chi connectivity index (χ3v) is 3.31. The van der Waals surface area contributed by atoms with E-state index in [0.29, 0.717) is 0 Å². The van der Waals surface area contributed by atoms with Crippen LogP contribution in [0.4, 0.5) is 0 Å². The Labute approximate surface area is 110 Å². The minimum absolute atomic E-state index is 0.104. The van der Waals surface area contributed by atoms with Crippen LogP contribution >= 0.6 is 15.9 Å². The lowest BCUT2D eigenvalue weighted by molar-refractivity contribution is 0.447. The van der Waals surface area contributed by atoms with Gasteiger partial charge in [-0.2, -0.15) is 0 Å². The Bertz CT molecular complexity index is 475. The second-order valence-electron chi connectivity index (χ2n) is 3.96. The molecule has 0 aliphatic rings. The number of benzene rings is 1. The van der Waals surface area contributed by atoms with Crippen molar-refractivity contribution < 1.29 is 4.42 Å². The first-order chi connectivity index (χ1) is 8.24. The van der Waals surface area contributed by atoms with Crippen molar-refractivity contribution in [1.29, 1.82) is 0 Å². The lowest BCUT2D eigenvalue weighted by atomic mass is 10.0. The van der Waals surface area contributed by atoms with Crippen LogP contribution in [0.5, 0.6) is 0 Å². The molecule has 0 spiro atoms. The summed E-state index contributed by atoms with van der Waals surface area (Å²) in [4.78, 5) is 0. The SMILES string of the molecule is CCc1ccc(C(NC)c2ccc(Br)o2)cc1. The molecule has 0 saturated carbocycles. The summed E-state index contributed by atoms with van der Waals surface area (Å²) in [7, 11) is 1.94. The van der Waals surface area contributed by atoms with Crippen molar-refractivity contribution in [3.8, 4) is 0 Å². The van der Waals surface area contributed by atoms with Gasteiger partial charge in [-0.15, -0.1) is 0 Å². The first kappa shape index (κ1) is 12.4. The van der Waals surface area contributed by atoms with Crippen LogP contribution in [0.3, 0.4) is 0 Å². The summed E-state index contributed by atoms with van der Waals surface area (Å²) >= 11 is 3.33. The van der Waals surface area contributed by atoms with Crippen molar-refractivity contribution >= 4 is 15.9 Å².